The molecule has 2 rings (SSSR count). The second-order valence-corrected chi connectivity index (χ2v) is 6.50. The largest absolute Gasteiger partial charge is 0.313 e. The first-order valence-electron chi connectivity index (χ1n) is 7.59. The van der Waals surface area contributed by atoms with Crippen LogP contribution in [0.2, 0.25) is 0 Å². The fraction of sp³-hybridized carbons (Fsp3) is 1.00. The Labute approximate surface area is 107 Å². The summed E-state index contributed by atoms with van der Waals surface area (Å²) in [5.41, 5.74) is 0.506. The van der Waals surface area contributed by atoms with Crippen LogP contribution in [0.25, 0.3) is 0 Å². The predicted molar refractivity (Wildman–Crippen MR) is 74.3 cm³/mol. The van der Waals surface area contributed by atoms with Gasteiger partial charge in [0.15, 0.2) is 0 Å². The summed E-state index contributed by atoms with van der Waals surface area (Å²) in [6, 6.07) is 0.848. The number of rotatable bonds is 9. The monoisotopic (exact) mass is 238 g/mol. The topological polar surface area (TPSA) is 15.3 Å². The third-order valence-corrected chi connectivity index (χ3v) is 4.72. The lowest BCUT2D eigenvalue weighted by atomic mass is 9.81. The van der Waals surface area contributed by atoms with Crippen LogP contribution in [-0.4, -0.2) is 37.6 Å². The molecule has 0 aromatic carbocycles. The van der Waals surface area contributed by atoms with E-state index in [2.05, 4.69) is 31.1 Å². The molecule has 0 unspecified atom stereocenters. The Morgan fingerprint density at radius 3 is 2.24 bits per heavy atom. The Morgan fingerprint density at radius 1 is 1.12 bits per heavy atom. The van der Waals surface area contributed by atoms with Crippen LogP contribution in [0.1, 0.15) is 52.4 Å². The van der Waals surface area contributed by atoms with Crippen molar-refractivity contribution >= 4 is 0 Å². The summed E-state index contributed by atoms with van der Waals surface area (Å²) in [6.07, 6.45) is 8.35. The summed E-state index contributed by atoms with van der Waals surface area (Å²) in [7, 11) is 2.31. The van der Waals surface area contributed by atoms with Crippen molar-refractivity contribution in [3.8, 4) is 0 Å². The zero-order valence-electron chi connectivity index (χ0n) is 12.0. The van der Waals surface area contributed by atoms with Gasteiger partial charge in [0.05, 0.1) is 0 Å². The molecule has 0 aromatic rings. The molecule has 0 spiro atoms. The normalized spacial score (nSPS) is 21.2. The van der Waals surface area contributed by atoms with Crippen LogP contribution < -0.4 is 5.32 Å². The van der Waals surface area contributed by atoms with Gasteiger partial charge in [0.2, 0.25) is 0 Å². The van der Waals surface area contributed by atoms with E-state index < -0.39 is 0 Å². The molecule has 0 amide bonds. The molecule has 2 aliphatic rings. The van der Waals surface area contributed by atoms with E-state index in [1.807, 2.05) is 0 Å². The van der Waals surface area contributed by atoms with Crippen molar-refractivity contribution in [1.29, 1.82) is 0 Å². The second-order valence-electron chi connectivity index (χ2n) is 6.50. The van der Waals surface area contributed by atoms with Crippen LogP contribution >= 0.6 is 0 Å². The van der Waals surface area contributed by atoms with Gasteiger partial charge in [-0.05, 0) is 56.9 Å². The lowest BCUT2D eigenvalue weighted by Gasteiger charge is -2.36. The molecule has 2 aliphatic carbocycles. The van der Waals surface area contributed by atoms with Gasteiger partial charge in [-0.2, -0.15) is 0 Å². The first-order chi connectivity index (χ1) is 8.17. The predicted octanol–water partition coefficient (Wildman–Crippen LogP) is 2.89. The highest BCUT2D eigenvalue weighted by Crippen LogP contribution is 2.32. The highest BCUT2D eigenvalue weighted by molar-refractivity contribution is 4.89. The molecule has 0 aliphatic heterocycles. The van der Waals surface area contributed by atoms with E-state index in [9.17, 15) is 0 Å². The van der Waals surface area contributed by atoms with Crippen molar-refractivity contribution in [3.05, 3.63) is 0 Å². The Morgan fingerprint density at radius 2 is 1.76 bits per heavy atom. The van der Waals surface area contributed by atoms with E-state index >= 15 is 0 Å². The first kappa shape index (κ1) is 13.4. The lowest BCUT2D eigenvalue weighted by Crippen LogP contribution is -2.43. The molecule has 100 valence electrons. The van der Waals surface area contributed by atoms with Crippen LogP contribution in [-0.2, 0) is 0 Å². The Balaban J connectivity index is 1.78. The maximum atomic E-state index is 3.75. The van der Waals surface area contributed by atoms with Crippen molar-refractivity contribution in [1.82, 2.24) is 10.2 Å². The molecule has 0 bridgehead atoms. The molecule has 2 saturated carbocycles. The van der Waals surface area contributed by atoms with Crippen molar-refractivity contribution in [2.45, 2.75) is 58.4 Å². The lowest BCUT2D eigenvalue weighted by molar-refractivity contribution is 0.151. The summed E-state index contributed by atoms with van der Waals surface area (Å²) >= 11 is 0. The van der Waals surface area contributed by atoms with Crippen molar-refractivity contribution in [2.24, 2.45) is 11.3 Å². The maximum Gasteiger partial charge on any atom is 0.00684 e. The molecule has 0 heterocycles. The van der Waals surface area contributed by atoms with Crippen molar-refractivity contribution in [3.63, 3.8) is 0 Å². The Hall–Kier alpha value is -0.0800. The minimum absolute atomic E-state index is 0.506. The Bertz CT molecular complexity index is 227. The third kappa shape index (κ3) is 4.26. The SMILES string of the molecule is CCC(CC)(CNC1CC1)CN(C)CC1CC1. The summed E-state index contributed by atoms with van der Waals surface area (Å²) in [4.78, 5) is 2.58. The molecule has 2 nitrogen and oxygen atoms in total. The summed E-state index contributed by atoms with van der Waals surface area (Å²) in [5.74, 6) is 1.02. The minimum Gasteiger partial charge on any atom is -0.313 e. The zero-order chi connectivity index (χ0) is 12.3. The number of nitrogens with zero attached hydrogens (tertiary/aromatic N) is 1. The molecule has 17 heavy (non-hydrogen) atoms. The second kappa shape index (κ2) is 5.71. The molecule has 0 atom stereocenters. The van der Waals surface area contributed by atoms with Crippen molar-refractivity contribution < 1.29 is 0 Å². The summed E-state index contributed by atoms with van der Waals surface area (Å²) < 4.78 is 0. The number of nitrogens with one attached hydrogen (secondary N) is 1. The molecular weight excluding hydrogens is 208 g/mol. The molecule has 1 N–H and O–H groups in total. The van der Waals surface area contributed by atoms with E-state index in [4.69, 9.17) is 0 Å². The van der Waals surface area contributed by atoms with E-state index in [-0.39, 0.29) is 0 Å². The standard InChI is InChI=1S/C15H30N2/c1-4-15(5-2,11-16-14-8-9-14)12-17(3)10-13-6-7-13/h13-14,16H,4-12H2,1-3H3. The van der Waals surface area contributed by atoms with Crippen LogP contribution in [0.15, 0.2) is 0 Å². The van der Waals surface area contributed by atoms with E-state index in [0.717, 1.165) is 12.0 Å². The molecular formula is C15H30N2. The zero-order valence-corrected chi connectivity index (χ0v) is 12.0. The van der Waals surface area contributed by atoms with Gasteiger partial charge in [-0.1, -0.05) is 13.8 Å². The molecule has 2 heteroatoms. The van der Waals surface area contributed by atoms with Gasteiger partial charge in [0, 0.05) is 25.7 Å². The fourth-order valence-corrected chi connectivity index (χ4v) is 2.81. The van der Waals surface area contributed by atoms with Crippen LogP contribution in [0.4, 0.5) is 0 Å². The van der Waals surface area contributed by atoms with Gasteiger partial charge >= 0.3 is 0 Å². The average molecular weight is 238 g/mol. The van der Waals surface area contributed by atoms with Gasteiger partial charge in [-0.25, -0.2) is 0 Å². The quantitative estimate of drug-likeness (QED) is 0.664. The van der Waals surface area contributed by atoms with Gasteiger partial charge in [0.25, 0.3) is 0 Å². The summed E-state index contributed by atoms with van der Waals surface area (Å²) in [6.45, 7) is 8.55. The average Bonchev–Trinajstić information content (AvgIpc) is 3.17. The molecule has 0 saturated heterocycles. The van der Waals surface area contributed by atoms with Gasteiger partial charge in [-0.15, -0.1) is 0 Å². The number of hydrogen-bond donors (Lipinski definition) is 1. The van der Waals surface area contributed by atoms with Gasteiger partial charge < -0.3 is 10.2 Å². The van der Waals surface area contributed by atoms with E-state index in [1.165, 1.54) is 58.2 Å². The maximum absolute atomic E-state index is 3.75. The Kier molecular flexibility index (Phi) is 4.48. The third-order valence-electron chi connectivity index (χ3n) is 4.72. The fourth-order valence-electron chi connectivity index (χ4n) is 2.81. The summed E-state index contributed by atoms with van der Waals surface area (Å²) in [5, 5.41) is 3.75. The number of hydrogen-bond acceptors (Lipinski definition) is 2. The highest BCUT2D eigenvalue weighted by atomic mass is 15.1. The van der Waals surface area contributed by atoms with Crippen LogP contribution in [0.5, 0.6) is 0 Å². The van der Waals surface area contributed by atoms with E-state index in [1.54, 1.807) is 0 Å². The minimum atomic E-state index is 0.506. The van der Waals surface area contributed by atoms with Crippen LogP contribution in [0, 0.1) is 11.3 Å². The van der Waals surface area contributed by atoms with Crippen molar-refractivity contribution in [2.75, 3.05) is 26.7 Å². The molecule has 2 fully saturated rings. The highest BCUT2D eigenvalue weighted by Gasteiger charge is 2.32. The smallest absolute Gasteiger partial charge is 0.00684 e. The molecule has 0 radical (unpaired) electrons. The first-order valence-corrected chi connectivity index (χ1v) is 7.59. The van der Waals surface area contributed by atoms with Crippen LogP contribution in [0.3, 0.4) is 0 Å². The molecule has 0 aromatic heterocycles. The van der Waals surface area contributed by atoms with Gasteiger partial charge in [0.1, 0.15) is 0 Å². The van der Waals surface area contributed by atoms with Gasteiger partial charge in [-0.3, -0.25) is 0 Å². The van der Waals surface area contributed by atoms with E-state index in [0.29, 0.717) is 5.41 Å².